The Morgan fingerprint density at radius 1 is 1.50 bits per heavy atom. The SMILES string of the molecule is COCC(N)C(=O)Nc1[nH]ncc1-c1ccc2c(c1)OCO2. The maximum Gasteiger partial charge on any atom is 0.244 e. The van der Waals surface area contributed by atoms with E-state index in [-0.39, 0.29) is 19.3 Å². The summed E-state index contributed by atoms with van der Waals surface area (Å²) in [5.74, 6) is 1.47. The van der Waals surface area contributed by atoms with Gasteiger partial charge in [0.05, 0.1) is 12.8 Å². The molecule has 116 valence electrons. The number of nitrogens with two attached hydrogens (primary N) is 1. The van der Waals surface area contributed by atoms with E-state index in [2.05, 4.69) is 15.5 Å². The van der Waals surface area contributed by atoms with Gasteiger partial charge < -0.3 is 25.3 Å². The Morgan fingerprint density at radius 2 is 2.32 bits per heavy atom. The standard InChI is InChI=1S/C14H16N4O4/c1-20-6-10(15)14(19)17-13-9(5-16-18-13)8-2-3-11-12(4-8)22-7-21-11/h2-5,10H,6-7,15H2,1H3,(H2,16,17,18,19). The number of amides is 1. The third-order valence-electron chi connectivity index (χ3n) is 3.25. The minimum atomic E-state index is -0.752. The molecule has 1 amide bonds. The van der Waals surface area contributed by atoms with Crippen molar-refractivity contribution < 1.29 is 19.0 Å². The van der Waals surface area contributed by atoms with Gasteiger partial charge in [0, 0.05) is 12.7 Å². The molecule has 0 radical (unpaired) electrons. The summed E-state index contributed by atoms with van der Waals surface area (Å²) in [4.78, 5) is 12.0. The molecule has 3 rings (SSSR count). The van der Waals surface area contributed by atoms with Crippen LogP contribution in [0.4, 0.5) is 5.82 Å². The lowest BCUT2D eigenvalue weighted by Gasteiger charge is -2.11. The van der Waals surface area contributed by atoms with Crippen molar-refractivity contribution in [2.75, 3.05) is 25.8 Å². The number of aromatic nitrogens is 2. The molecule has 1 aromatic carbocycles. The van der Waals surface area contributed by atoms with E-state index in [1.807, 2.05) is 18.2 Å². The predicted octanol–water partition coefficient (Wildman–Crippen LogP) is 0.718. The number of carbonyl (C=O) groups is 1. The van der Waals surface area contributed by atoms with E-state index in [1.54, 1.807) is 6.20 Å². The monoisotopic (exact) mass is 304 g/mol. The summed E-state index contributed by atoms with van der Waals surface area (Å²) in [6, 6.07) is 4.76. The summed E-state index contributed by atoms with van der Waals surface area (Å²) < 4.78 is 15.5. The summed E-state index contributed by atoms with van der Waals surface area (Å²) >= 11 is 0. The zero-order valence-electron chi connectivity index (χ0n) is 12.0. The number of nitrogens with one attached hydrogen (secondary N) is 2. The van der Waals surface area contributed by atoms with Gasteiger partial charge in [-0.15, -0.1) is 0 Å². The first-order chi connectivity index (χ1) is 10.7. The second-order valence-corrected chi connectivity index (χ2v) is 4.78. The van der Waals surface area contributed by atoms with Crippen LogP contribution < -0.4 is 20.5 Å². The number of hydrogen-bond acceptors (Lipinski definition) is 6. The molecule has 0 saturated carbocycles. The van der Waals surface area contributed by atoms with Crippen LogP contribution in [0.3, 0.4) is 0 Å². The van der Waals surface area contributed by atoms with Crippen LogP contribution in [0.1, 0.15) is 0 Å². The molecule has 1 aromatic heterocycles. The van der Waals surface area contributed by atoms with Gasteiger partial charge in [0.25, 0.3) is 0 Å². The smallest absolute Gasteiger partial charge is 0.244 e. The van der Waals surface area contributed by atoms with Gasteiger partial charge >= 0.3 is 0 Å². The number of nitrogens with zero attached hydrogens (tertiary/aromatic N) is 1. The largest absolute Gasteiger partial charge is 0.454 e. The highest BCUT2D eigenvalue weighted by Crippen LogP contribution is 2.37. The molecule has 0 spiro atoms. The minimum Gasteiger partial charge on any atom is -0.454 e. The van der Waals surface area contributed by atoms with Gasteiger partial charge in [-0.05, 0) is 17.7 Å². The highest BCUT2D eigenvalue weighted by atomic mass is 16.7. The van der Waals surface area contributed by atoms with Crippen LogP contribution in [-0.4, -0.2) is 42.7 Å². The molecule has 1 atom stereocenters. The average Bonchev–Trinajstić information content (AvgIpc) is 3.15. The number of hydrogen-bond donors (Lipinski definition) is 3. The Kier molecular flexibility index (Phi) is 3.94. The Labute approximate surface area is 126 Å². The van der Waals surface area contributed by atoms with Crippen molar-refractivity contribution in [3.63, 3.8) is 0 Å². The number of benzene rings is 1. The number of aromatic amines is 1. The summed E-state index contributed by atoms with van der Waals surface area (Å²) in [7, 11) is 1.49. The molecule has 0 bridgehead atoms. The van der Waals surface area contributed by atoms with Crippen LogP contribution in [0.25, 0.3) is 11.1 Å². The highest BCUT2D eigenvalue weighted by molar-refractivity contribution is 5.97. The van der Waals surface area contributed by atoms with Gasteiger partial charge in [-0.25, -0.2) is 0 Å². The summed E-state index contributed by atoms with van der Waals surface area (Å²) in [5, 5.41) is 9.42. The molecule has 2 heterocycles. The van der Waals surface area contributed by atoms with Crippen molar-refractivity contribution >= 4 is 11.7 Å². The minimum absolute atomic E-state index is 0.138. The quantitative estimate of drug-likeness (QED) is 0.750. The molecule has 0 aliphatic carbocycles. The van der Waals surface area contributed by atoms with E-state index in [0.29, 0.717) is 17.3 Å². The first-order valence-electron chi connectivity index (χ1n) is 6.68. The van der Waals surface area contributed by atoms with Crippen LogP contribution in [0.2, 0.25) is 0 Å². The van der Waals surface area contributed by atoms with Crippen molar-refractivity contribution in [3.05, 3.63) is 24.4 Å². The van der Waals surface area contributed by atoms with E-state index < -0.39 is 6.04 Å². The van der Waals surface area contributed by atoms with Gasteiger partial charge in [-0.2, -0.15) is 5.10 Å². The lowest BCUT2D eigenvalue weighted by molar-refractivity contribution is -0.118. The van der Waals surface area contributed by atoms with E-state index in [1.165, 1.54) is 7.11 Å². The molecule has 8 nitrogen and oxygen atoms in total. The van der Waals surface area contributed by atoms with Gasteiger partial charge in [-0.1, -0.05) is 6.07 Å². The summed E-state index contributed by atoms with van der Waals surface area (Å²) in [6.07, 6.45) is 1.62. The predicted molar refractivity (Wildman–Crippen MR) is 78.6 cm³/mol. The second-order valence-electron chi connectivity index (χ2n) is 4.78. The zero-order valence-corrected chi connectivity index (χ0v) is 12.0. The van der Waals surface area contributed by atoms with Crippen molar-refractivity contribution in [2.24, 2.45) is 5.73 Å². The normalized spacial score (nSPS) is 13.9. The van der Waals surface area contributed by atoms with Gasteiger partial charge in [0.1, 0.15) is 11.9 Å². The Morgan fingerprint density at radius 3 is 3.14 bits per heavy atom. The second kappa shape index (κ2) is 6.04. The fourth-order valence-corrected chi connectivity index (χ4v) is 2.14. The highest BCUT2D eigenvalue weighted by Gasteiger charge is 2.19. The molecule has 0 fully saturated rings. The molecule has 22 heavy (non-hydrogen) atoms. The first-order valence-corrected chi connectivity index (χ1v) is 6.68. The molecule has 0 saturated heterocycles. The third kappa shape index (κ3) is 2.74. The summed E-state index contributed by atoms with van der Waals surface area (Å²) in [6.45, 7) is 0.346. The average molecular weight is 304 g/mol. The van der Waals surface area contributed by atoms with Crippen LogP contribution in [0.5, 0.6) is 11.5 Å². The van der Waals surface area contributed by atoms with Crippen molar-refractivity contribution in [2.45, 2.75) is 6.04 Å². The third-order valence-corrected chi connectivity index (χ3v) is 3.25. The number of carbonyl (C=O) groups excluding carboxylic acids is 1. The first kappa shape index (κ1) is 14.4. The summed E-state index contributed by atoms with van der Waals surface area (Å²) in [5.41, 5.74) is 7.27. The number of H-pyrrole nitrogens is 1. The lowest BCUT2D eigenvalue weighted by atomic mass is 10.1. The molecule has 8 heteroatoms. The molecular formula is C14H16N4O4. The molecule has 1 aliphatic heterocycles. The number of methoxy groups -OCH3 is 1. The molecular weight excluding hydrogens is 288 g/mol. The van der Waals surface area contributed by atoms with Crippen LogP contribution >= 0.6 is 0 Å². The number of fused-ring (bicyclic) bond motifs is 1. The van der Waals surface area contributed by atoms with E-state index >= 15 is 0 Å². The van der Waals surface area contributed by atoms with Crippen molar-refractivity contribution in [3.8, 4) is 22.6 Å². The molecule has 4 N–H and O–H groups in total. The number of ether oxygens (including phenoxy) is 3. The van der Waals surface area contributed by atoms with Crippen LogP contribution in [0.15, 0.2) is 24.4 Å². The Balaban J connectivity index is 1.82. The topological polar surface area (TPSA) is 111 Å². The number of rotatable bonds is 5. The van der Waals surface area contributed by atoms with E-state index in [9.17, 15) is 4.79 Å². The fourth-order valence-electron chi connectivity index (χ4n) is 2.14. The van der Waals surface area contributed by atoms with Gasteiger partial charge in [0.2, 0.25) is 12.7 Å². The number of anilines is 1. The lowest BCUT2D eigenvalue weighted by Crippen LogP contribution is -2.39. The maximum absolute atomic E-state index is 12.0. The van der Waals surface area contributed by atoms with Gasteiger partial charge in [0.15, 0.2) is 11.5 Å². The Bertz CT molecular complexity index is 685. The van der Waals surface area contributed by atoms with Crippen molar-refractivity contribution in [1.29, 1.82) is 0 Å². The molecule has 1 aliphatic rings. The van der Waals surface area contributed by atoms with Crippen LogP contribution in [-0.2, 0) is 9.53 Å². The Hall–Kier alpha value is -2.58. The van der Waals surface area contributed by atoms with E-state index in [0.717, 1.165) is 11.1 Å². The van der Waals surface area contributed by atoms with Gasteiger partial charge in [-0.3, -0.25) is 9.89 Å². The van der Waals surface area contributed by atoms with E-state index in [4.69, 9.17) is 19.9 Å². The fraction of sp³-hybridized carbons (Fsp3) is 0.286. The zero-order chi connectivity index (χ0) is 15.5. The molecule has 1 unspecified atom stereocenters. The van der Waals surface area contributed by atoms with Crippen LogP contribution in [0, 0.1) is 0 Å². The maximum atomic E-state index is 12.0. The molecule has 2 aromatic rings. The van der Waals surface area contributed by atoms with Crippen molar-refractivity contribution in [1.82, 2.24) is 10.2 Å².